The van der Waals surface area contributed by atoms with Gasteiger partial charge in [-0.25, -0.2) is 4.79 Å². The maximum absolute atomic E-state index is 11.4. The molecule has 0 aromatic heterocycles. The van der Waals surface area contributed by atoms with Gasteiger partial charge in [-0.1, -0.05) is 0 Å². The molecule has 1 fully saturated rings. The van der Waals surface area contributed by atoms with Gasteiger partial charge < -0.3 is 10.0 Å². The molecule has 0 amide bonds. The first-order valence-electron chi connectivity index (χ1n) is 4.73. The van der Waals surface area contributed by atoms with Gasteiger partial charge in [0.1, 0.15) is 0 Å². The molecule has 1 N–H and O–H groups in total. The lowest BCUT2D eigenvalue weighted by atomic mass is 9.92. The number of nitrogens with zero attached hydrogens (tertiary/aromatic N) is 1. The number of carbonyl (C=O) groups excluding carboxylic acids is 1. The van der Waals surface area contributed by atoms with Crippen molar-refractivity contribution in [3.63, 3.8) is 0 Å². The molecule has 4 nitrogen and oxygen atoms in total. The number of ketones is 1. The van der Waals surface area contributed by atoms with Crippen LogP contribution in [0.1, 0.15) is 12.8 Å². The van der Waals surface area contributed by atoms with Crippen LogP contribution in [0.15, 0.2) is 12.2 Å². The van der Waals surface area contributed by atoms with Crippen LogP contribution in [0.4, 0.5) is 0 Å². The molecule has 1 rings (SSSR count). The minimum atomic E-state index is -1.06. The molecule has 1 aliphatic heterocycles. The highest BCUT2D eigenvalue weighted by Crippen LogP contribution is 2.17. The van der Waals surface area contributed by atoms with Crippen LogP contribution in [0, 0.1) is 5.92 Å². The third-order valence-corrected chi connectivity index (χ3v) is 2.51. The van der Waals surface area contributed by atoms with E-state index in [2.05, 4.69) is 4.90 Å². The van der Waals surface area contributed by atoms with E-state index < -0.39 is 5.97 Å². The van der Waals surface area contributed by atoms with E-state index >= 15 is 0 Å². The maximum atomic E-state index is 11.4. The summed E-state index contributed by atoms with van der Waals surface area (Å²) >= 11 is 0. The van der Waals surface area contributed by atoms with E-state index in [1.54, 1.807) is 0 Å². The Morgan fingerprint density at radius 2 is 1.86 bits per heavy atom. The zero-order chi connectivity index (χ0) is 10.6. The normalized spacial score (nSPS) is 20.1. The largest absolute Gasteiger partial charge is 0.478 e. The molecule has 0 unspecified atom stereocenters. The standard InChI is InChI=1S/C10H15NO3/c1-11-6-4-8(5-7-11)9(12)2-3-10(13)14/h2-3,8H,4-7H2,1H3,(H,13,14)/b3-2+. The molecule has 0 spiro atoms. The van der Waals surface area contributed by atoms with Gasteiger partial charge in [-0.3, -0.25) is 4.79 Å². The minimum absolute atomic E-state index is 0.0156. The average molecular weight is 197 g/mol. The Bertz CT molecular complexity index is 252. The summed E-state index contributed by atoms with van der Waals surface area (Å²) in [5.41, 5.74) is 0. The van der Waals surface area contributed by atoms with Crippen LogP contribution < -0.4 is 0 Å². The highest BCUT2D eigenvalue weighted by Gasteiger charge is 2.21. The van der Waals surface area contributed by atoms with Crippen molar-refractivity contribution in [2.45, 2.75) is 12.8 Å². The minimum Gasteiger partial charge on any atom is -0.478 e. The lowest BCUT2D eigenvalue weighted by molar-refractivity contribution is -0.131. The van der Waals surface area contributed by atoms with E-state index in [1.165, 1.54) is 6.08 Å². The zero-order valence-electron chi connectivity index (χ0n) is 8.27. The summed E-state index contributed by atoms with van der Waals surface area (Å²) in [4.78, 5) is 23.8. The fraction of sp³-hybridized carbons (Fsp3) is 0.600. The number of carboxylic acids is 1. The molecule has 0 saturated carbocycles. The quantitative estimate of drug-likeness (QED) is 0.671. The molecule has 0 aromatic carbocycles. The van der Waals surface area contributed by atoms with Gasteiger partial charge in [-0.2, -0.15) is 0 Å². The van der Waals surface area contributed by atoms with Crippen LogP contribution in [0.25, 0.3) is 0 Å². The zero-order valence-corrected chi connectivity index (χ0v) is 8.27. The maximum Gasteiger partial charge on any atom is 0.328 e. The van der Waals surface area contributed by atoms with Crippen LogP contribution in [0.3, 0.4) is 0 Å². The second kappa shape index (κ2) is 4.91. The highest BCUT2D eigenvalue weighted by molar-refractivity contribution is 5.96. The van der Waals surface area contributed by atoms with Gasteiger partial charge in [-0.15, -0.1) is 0 Å². The van der Waals surface area contributed by atoms with Crippen molar-refractivity contribution in [1.82, 2.24) is 4.90 Å². The molecule has 4 heteroatoms. The molecule has 14 heavy (non-hydrogen) atoms. The first kappa shape index (κ1) is 10.9. The number of allylic oxidation sites excluding steroid dienone is 1. The Morgan fingerprint density at radius 3 is 2.36 bits per heavy atom. The lowest BCUT2D eigenvalue weighted by Crippen LogP contribution is -2.33. The second-order valence-corrected chi connectivity index (χ2v) is 3.65. The fourth-order valence-electron chi connectivity index (χ4n) is 1.58. The molecule has 0 aromatic rings. The third kappa shape index (κ3) is 3.30. The molecule has 1 heterocycles. The van der Waals surface area contributed by atoms with Crippen molar-refractivity contribution in [2.24, 2.45) is 5.92 Å². The van der Waals surface area contributed by atoms with Gasteiger partial charge in [-0.05, 0) is 39.1 Å². The summed E-state index contributed by atoms with van der Waals surface area (Å²) in [6.07, 6.45) is 3.76. The molecule has 1 aliphatic rings. The number of carboxylic acid groups (broad SMARTS) is 1. The summed E-state index contributed by atoms with van der Waals surface area (Å²) in [5.74, 6) is -1.10. The Hall–Kier alpha value is -1.16. The van der Waals surface area contributed by atoms with Crippen molar-refractivity contribution < 1.29 is 14.7 Å². The summed E-state index contributed by atoms with van der Waals surface area (Å²) in [5, 5.41) is 8.36. The number of piperidine rings is 1. The molecule has 78 valence electrons. The first-order valence-corrected chi connectivity index (χ1v) is 4.73. The third-order valence-electron chi connectivity index (χ3n) is 2.51. The van der Waals surface area contributed by atoms with Crippen LogP contribution in [0.5, 0.6) is 0 Å². The molecule has 1 saturated heterocycles. The monoisotopic (exact) mass is 197 g/mol. The number of hydrogen-bond donors (Lipinski definition) is 1. The summed E-state index contributed by atoms with van der Waals surface area (Å²) < 4.78 is 0. The lowest BCUT2D eigenvalue weighted by Gasteiger charge is -2.27. The number of carbonyl (C=O) groups is 2. The molecular formula is C10H15NO3. The van der Waals surface area contributed by atoms with E-state index in [9.17, 15) is 9.59 Å². The van der Waals surface area contributed by atoms with Crippen molar-refractivity contribution in [3.8, 4) is 0 Å². The number of hydrogen-bond acceptors (Lipinski definition) is 3. The van der Waals surface area contributed by atoms with Crippen molar-refractivity contribution in [3.05, 3.63) is 12.2 Å². The van der Waals surface area contributed by atoms with Gasteiger partial charge in [0.25, 0.3) is 0 Å². The van der Waals surface area contributed by atoms with Crippen molar-refractivity contribution in [2.75, 3.05) is 20.1 Å². The summed E-state index contributed by atoms with van der Waals surface area (Å²) in [7, 11) is 2.02. The Kier molecular flexibility index (Phi) is 3.83. The van der Waals surface area contributed by atoms with Gasteiger partial charge in [0.2, 0.25) is 0 Å². The second-order valence-electron chi connectivity index (χ2n) is 3.65. The first-order chi connectivity index (χ1) is 6.59. The number of aliphatic carboxylic acids is 1. The molecule has 0 atom stereocenters. The van der Waals surface area contributed by atoms with E-state index in [0.29, 0.717) is 0 Å². The average Bonchev–Trinajstić information content (AvgIpc) is 2.15. The molecular weight excluding hydrogens is 182 g/mol. The van der Waals surface area contributed by atoms with E-state index in [0.717, 1.165) is 32.0 Å². The van der Waals surface area contributed by atoms with Crippen LogP contribution in [0.2, 0.25) is 0 Å². The predicted octanol–water partition coefficient (Wildman–Crippen LogP) is 0.538. The van der Waals surface area contributed by atoms with Crippen LogP contribution in [-0.4, -0.2) is 41.9 Å². The van der Waals surface area contributed by atoms with E-state index in [-0.39, 0.29) is 11.7 Å². The van der Waals surface area contributed by atoms with Gasteiger partial charge in [0, 0.05) is 12.0 Å². The predicted molar refractivity (Wildman–Crippen MR) is 52.0 cm³/mol. The highest BCUT2D eigenvalue weighted by atomic mass is 16.4. The molecule has 0 aliphatic carbocycles. The van der Waals surface area contributed by atoms with E-state index in [4.69, 9.17) is 5.11 Å². The SMILES string of the molecule is CN1CCC(C(=O)/C=C/C(=O)O)CC1. The van der Waals surface area contributed by atoms with Crippen LogP contribution >= 0.6 is 0 Å². The van der Waals surface area contributed by atoms with Crippen molar-refractivity contribution in [1.29, 1.82) is 0 Å². The van der Waals surface area contributed by atoms with Crippen LogP contribution in [-0.2, 0) is 9.59 Å². The van der Waals surface area contributed by atoms with Gasteiger partial charge in [0.15, 0.2) is 5.78 Å². The molecule has 0 radical (unpaired) electrons. The van der Waals surface area contributed by atoms with Gasteiger partial charge in [0.05, 0.1) is 0 Å². The molecule has 0 bridgehead atoms. The summed E-state index contributed by atoms with van der Waals surface area (Å²) in [6, 6.07) is 0. The number of likely N-dealkylation sites (tertiary alicyclic amines) is 1. The summed E-state index contributed by atoms with van der Waals surface area (Å²) in [6.45, 7) is 1.83. The Morgan fingerprint density at radius 1 is 1.29 bits per heavy atom. The fourth-order valence-corrected chi connectivity index (χ4v) is 1.58. The smallest absolute Gasteiger partial charge is 0.328 e. The Balaban J connectivity index is 2.42. The number of rotatable bonds is 3. The topological polar surface area (TPSA) is 57.6 Å². The van der Waals surface area contributed by atoms with Gasteiger partial charge >= 0.3 is 5.97 Å². The Labute approximate surface area is 83.2 Å². The van der Waals surface area contributed by atoms with Crippen molar-refractivity contribution >= 4 is 11.8 Å². The van der Waals surface area contributed by atoms with E-state index in [1.807, 2.05) is 7.05 Å².